The van der Waals surface area contributed by atoms with Crippen LogP contribution in [-0.2, 0) is 14.9 Å². The second-order valence-corrected chi connectivity index (χ2v) is 5.46. The highest BCUT2D eigenvalue weighted by molar-refractivity contribution is 7.15. The summed E-state index contributed by atoms with van der Waals surface area (Å²) in [6.45, 7) is 7.11. The van der Waals surface area contributed by atoms with E-state index in [0.717, 1.165) is 42.6 Å². The number of thiazole rings is 1. The number of anilines is 1. The highest BCUT2D eigenvalue weighted by Crippen LogP contribution is 2.31. The van der Waals surface area contributed by atoms with Gasteiger partial charge in [0.15, 0.2) is 5.13 Å². The molecule has 2 rings (SSSR count). The van der Waals surface area contributed by atoms with E-state index in [4.69, 9.17) is 4.74 Å². The normalized spacial score (nSPS) is 17.5. The predicted octanol–water partition coefficient (Wildman–Crippen LogP) is 1.46. The Morgan fingerprint density at radius 2 is 2.19 bits per heavy atom. The molecule has 0 aliphatic carbocycles. The third-order valence-electron chi connectivity index (χ3n) is 2.70. The molecule has 1 aromatic rings. The summed E-state index contributed by atoms with van der Waals surface area (Å²) in [6.07, 6.45) is 2.79. The number of ether oxygens (including phenoxy) is 1. The van der Waals surface area contributed by atoms with Crippen molar-refractivity contribution in [1.82, 2.24) is 4.98 Å². The van der Waals surface area contributed by atoms with Gasteiger partial charge in [0.25, 0.3) is 0 Å². The third-order valence-corrected chi connectivity index (χ3v) is 4.10. The molecule has 88 valence electrons. The lowest BCUT2D eigenvalue weighted by molar-refractivity contribution is -0.111. The van der Waals surface area contributed by atoms with E-state index in [1.165, 1.54) is 0 Å². The van der Waals surface area contributed by atoms with Crippen molar-refractivity contribution in [2.24, 2.45) is 0 Å². The van der Waals surface area contributed by atoms with Crippen LogP contribution in [0.25, 0.3) is 0 Å². The maximum absolute atomic E-state index is 11.0. The smallest absolute Gasteiger partial charge is 0.185 e. The fourth-order valence-electron chi connectivity index (χ4n) is 1.52. The summed E-state index contributed by atoms with van der Waals surface area (Å²) in [5.41, 5.74) is -0.428. The van der Waals surface area contributed by atoms with Gasteiger partial charge in [-0.2, -0.15) is 0 Å². The van der Waals surface area contributed by atoms with E-state index >= 15 is 0 Å². The van der Waals surface area contributed by atoms with Gasteiger partial charge in [-0.25, -0.2) is 4.98 Å². The molecule has 5 heteroatoms. The Morgan fingerprint density at radius 1 is 1.50 bits per heavy atom. The van der Waals surface area contributed by atoms with Crippen molar-refractivity contribution >= 4 is 22.8 Å². The topological polar surface area (TPSA) is 42.4 Å². The van der Waals surface area contributed by atoms with Gasteiger partial charge in [0, 0.05) is 24.2 Å². The number of aldehydes is 1. The fraction of sp³-hybridized carbons (Fsp3) is 0.636. The van der Waals surface area contributed by atoms with Gasteiger partial charge in [-0.3, -0.25) is 0 Å². The van der Waals surface area contributed by atoms with Gasteiger partial charge in [0.1, 0.15) is 6.29 Å². The van der Waals surface area contributed by atoms with Crippen LogP contribution in [0.3, 0.4) is 0 Å². The number of rotatable bonds is 3. The molecule has 1 aromatic heterocycles. The van der Waals surface area contributed by atoms with E-state index in [0.29, 0.717) is 0 Å². The molecular formula is C11H16N2O2S. The molecule has 0 aromatic carbocycles. The zero-order valence-electron chi connectivity index (χ0n) is 9.60. The lowest BCUT2D eigenvalue weighted by Gasteiger charge is -2.26. The molecule has 0 bridgehead atoms. The Labute approximate surface area is 99.2 Å². The van der Waals surface area contributed by atoms with Crippen LogP contribution in [0, 0.1) is 0 Å². The fourth-order valence-corrected chi connectivity index (χ4v) is 2.55. The van der Waals surface area contributed by atoms with Crippen molar-refractivity contribution in [2.45, 2.75) is 19.3 Å². The second-order valence-electron chi connectivity index (χ2n) is 4.45. The zero-order chi connectivity index (χ0) is 11.6. The molecule has 0 unspecified atom stereocenters. The highest BCUT2D eigenvalue weighted by Gasteiger charge is 2.24. The molecule has 1 aliphatic heterocycles. The molecule has 0 amide bonds. The van der Waals surface area contributed by atoms with Crippen LogP contribution in [-0.4, -0.2) is 37.6 Å². The van der Waals surface area contributed by atoms with Crippen molar-refractivity contribution in [2.75, 3.05) is 31.2 Å². The number of hydrogen-bond donors (Lipinski definition) is 0. The maximum atomic E-state index is 11.0. The van der Waals surface area contributed by atoms with Crippen molar-refractivity contribution in [3.05, 3.63) is 11.1 Å². The number of hydrogen-bond acceptors (Lipinski definition) is 5. The molecule has 0 radical (unpaired) electrons. The van der Waals surface area contributed by atoms with Gasteiger partial charge < -0.3 is 14.4 Å². The van der Waals surface area contributed by atoms with Crippen molar-refractivity contribution in [3.8, 4) is 0 Å². The van der Waals surface area contributed by atoms with Crippen LogP contribution < -0.4 is 4.90 Å². The molecule has 0 N–H and O–H groups in total. The maximum Gasteiger partial charge on any atom is 0.185 e. The molecule has 2 heterocycles. The minimum absolute atomic E-state index is 0.428. The van der Waals surface area contributed by atoms with Crippen molar-refractivity contribution in [1.29, 1.82) is 0 Å². The van der Waals surface area contributed by atoms with Gasteiger partial charge in [0.2, 0.25) is 0 Å². The molecule has 16 heavy (non-hydrogen) atoms. The highest BCUT2D eigenvalue weighted by atomic mass is 32.1. The van der Waals surface area contributed by atoms with E-state index in [9.17, 15) is 4.79 Å². The van der Waals surface area contributed by atoms with Crippen LogP contribution in [0.2, 0.25) is 0 Å². The van der Waals surface area contributed by atoms with Gasteiger partial charge >= 0.3 is 0 Å². The zero-order valence-corrected chi connectivity index (χ0v) is 10.4. The molecule has 1 saturated heterocycles. The summed E-state index contributed by atoms with van der Waals surface area (Å²) in [7, 11) is 0. The van der Waals surface area contributed by atoms with Gasteiger partial charge in [-0.1, -0.05) is 0 Å². The van der Waals surface area contributed by atoms with E-state index in [1.54, 1.807) is 11.3 Å². The molecule has 4 nitrogen and oxygen atoms in total. The van der Waals surface area contributed by atoms with Gasteiger partial charge in [0.05, 0.1) is 18.6 Å². The number of carbonyl (C=O) groups is 1. The monoisotopic (exact) mass is 240 g/mol. The molecular weight excluding hydrogens is 224 g/mol. The minimum atomic E-state index is -0.428. The Morgan fingerprint density at radius 3 is 2.81 bits per heavy atom. The summed E-state index contributed by atoms with van der Waals surface area (Å²) in [5, 5.41) is 0.994. The largest absolute Gasteiger partial charge is 0.378 e. The summed E-state index contributed by atoms with van der Waals surface area (Å²) >= 11 is 1.60. The first kappa shape index (κ1) is 11.5. The molecule has 0 atom stereocenters. The predicted molar refractivity (Wildman–Crippen MR) is 64.2 cm³/mol. The van der Waals surface area contributed by atoms with Crippen LogP contribution >= 0.6 is 11.3 Å². The lowest BCUT2D eigenvalue weighted by atomic mass is 9.95. The van der Waals surface area contributed by atoms with Crippen LogP contribution in [0.4, 0.5) is 5.13 Å². The van der Waals surface area contributed by atoms with Crippen LogP contribution in [0.5, 0.6) is 0 Å². The summed E-state index contributed by atoms with van der Waals surface area (Å²) < 4.78 is 5.30. The van der Waals surface area contributed by atoms with E-state index in [2.05, 4.69) is 9.88 Å². The number of carbonyl (C=O) groups excluding carboxylic acids is 1. The van der Waals surface area contributed by atoms with Gasteiger partial charge in [-0.15, -0.1) is 11.3 Å². The van der Waals surface area contributed by atoms with Crippen molar-refractivity contribution < 1.29 is 9.53 Å². The Bertz CT molecular complexity index is 370. The summed E-state index contributed by atoms with van der Waals surface area (Å²) in [5.74, 6) is 0. The number of morpholine rings is 1. The average Bonchev–Trinajstić information content (AvgIpc) is 2.80. The lowest BCUT2D eigenvalue weighted by Crippen LogP contribution is -2.36. The SMILES string of the molecule is CC(C)(C=O)c1cnc(N2CCOCC2)s1. The van der Waals surface area contributed by atoms with E-state index in [1.807, 2.05) is 20.0 Å². The molecule has 0 saturated carbocycles. The standard InChI is InChI=1S/C11H16N2O2S/c1-11(2,8-14)9-7-12-10(16-9)13-3-5-15-6-4-13/h7-8H,3-6H2,1-2H3. The molecule has 1 fully saturated rings. The number of nitrogens with zero attached hydrogens (tertiary/aromatic N) is 2. The second kappa shape index (κ2) is 4.51. The Balaban J connectivity index is 2.15. The average molecular weight is 240 g/mol. The Kier molecular flexibility index (Phi) is 3.25. The summed E-state index contributed by atoms with van der Waals surface area (Å²) in [6, 6.07) is 0. The third kappa shape index (κ3) is 2.25. The van der Waals surface area contributed by atoms with Crippen LogP contribution in [0.1, 0.15) is 18.7 Å². The van der Waals surface area contributed by atoms with Gasteiger partial charge in [-0.05, 0) is 13.8 Å². The minimum Gasteiger partial charge on any atom is -0.378 e. The van der Waals surface area contributed by atoms with E-state index < -0.39 is 5.41 Å². The first-order valence-electron chi connectivity index (χ1n) is 5.39. The molecule has 0 spiro atoms. The Hall–Kier alpha value is -0.940. The van der Waals surface area contributed by atoms with Crippen molar-refractivity contribution in [3.63, 3.8) is 0 Å². The summed E-state index contributed by atoms with van der Waals surface area (Å²) in [4.78, 5) is 18.6. The first-order valence-corrected chi connectivity index (χ1v) is 6.20. The van der Waals surface area contributed by atoms with E-state index in [-0.39, 0.29) is 0 Å². The van der Waals surface area contributed by atoms with Crippen LogP contribution in [0.15, 0.2) is 6.20 Å². The molecule has 1 aliphatic rings. The first-order chi connectivity index (χ1) is 7.63. The number of aromatic nitrogens is 1. The quantitative estimate of drug-likeness (QED) is 0.750.